The Morgan fingerprint density at radius 2 is 1.91 bits per heavy atom. The third-order valence-electron chi connectivity index (χ3n) is 8.52. The summed E-state index contributed by atoms with van der Waals surface area (Å²) < 4.78 is 23.3. The van der Waals surface area contributed by atoms with Crippen LogP contribution < -0.4 is 15.4 Å². The number of carbonyl (C=O) groups excluding carboxylic acids is 3. The highest BCUT2D eigenvalue weighted by Crippen LogP contribution is 2.56. The topological polar surface area (TPSA) is 159 Å². The Morgan fingerprint density at radius 3 is 2.68 bits per heavy atom. The lowest BCUT2D eigenvalue weighted by Crippen LogP contribution is -2.45. The van der Waals surface area contributed by atoms with Crippen LogP contribution in [0.4, 0.5) is 21.0 Å². The molecule has 0 saturated carbocycles. The largest absolute Gasteiger partial charge is 0.498 e. The molecule has 3 aromatic carbocycles. The zero-order valence-corrected chi connectivity index (χ0v) is 25.0. The molecule has 3 atom stereocenters. The van der Waals surface area contributed by atoms with Crippen LogP contribution in [0.1, 0.15) is 34.0 Å². The molecule has 0 aromatic heterocycles. The van der Waals surface area contributed by atoms with Gasteiger partial charge in [0.05, 0.1) is 29.3 Å². The Kier molecular flexibility index (Phi) is 7.35. The lowest BCUT2D eigenvalue weighted by atomic mass is 9.73. The monoisotopic (exact) mass is 636 g/mol. The highest BCUT2D eigenvalue weighted by Gasteiger charge is 2.55. The van der Waals surface area contributed by atoms with Crippen LogP contribution in [-0.2, 0) is 26.4 Å². The van der Waals surface area contributed by atoms with Crippen LogP contribution in [0.25, 0.3) is 0 Å². The first-order valence-corrected chi connectivity index (χ1v) is 14.8. The number of ether oxygens (including phenoxy) is 4. The molecule has 0 radical (unpaired) electrons. The van der Waals surface area contributed by atoms with Crippen molar-refractivity contribution in [3.05, 3.63) is 135 Å². The van der Waals surface area contributed by atoms with Gasteiger partial charge in [-0.15, -0.1) is 0 Å². The van der Waals surface area contributed by atoms with Gasteiger partial charge in [0.25, 0.3) is 5.69 Å². The van der Waals surface area contributed by atoms with Crippen LogP contribution in [0.15, 0.2) is 103 Å². The number of hydrogen-bond donors (Lipinski definition) is 2. The van der Waals surface area contributed by atoms with Crippen LogP contribution in [-0.4, -0.2) is 47.1 Å². The fourth-order valence-corrected chi connectivity index (χ4v) is 6.14. The van der Waals surface area contributed by atoms with Gasteiger partial charge in [-0.05, 0) is 35.9 Å². The number of anilines is 1. The van der Waals surface area contributed by atoms with Crippen molar-refractivity contribution in [1.29, 1.82) is 0 Å². The molecule has 13 heteroatoms. The van der Waals surface area contributed by atoms with E-state index in [0.29, 0.717) is 58.2 Å². The van der Waals surface area contributed by atoms with E-state index in [1.807, 2.05) is 19.1 Å². The number of benzene rings is 3. The summed E-state index contributed by atoms with van der Waals surface area (Å²) in [7, 11) is 0. The minimum Gasteiger partial charge on any atom is -0.498 e. The first kappa shape index (κ1) is 29.6. The second-order valence-corrected chi connectivity index (χ2v) is 11.3. The maximum Gasteiger partial charge on any atom is 0.407 e. The number of alkyl carbamates (subject to hydrolysis) is 1. The third kappa shape index (κ3) is 5.21. The highest BCUT2D eigenvalue weighted by atomic mass is 16.6. The Morgan fingerprint density at radius 1 is 1.11 bits per heavy atom. The number of nitro benzene ring substituents is 1. The quantitative estimate of drug-likeness (QED) is 0.210. The Hall–Kier alpha value is -6.11. The summed E-state index contributed by atoms with van der Waals surface area (Å²) >= 11 is 0. The van der Waals surface area contributed by atoms with Gasteiger partial charge in [0.1, 0.15) is 24.7 Å². The molecule has 7 rings (SSSR count). The molecular formula is C34H28N4O9. The number of hydrogen-bond acceptors (Lipinski definition) is 9. The second kappa shape index (κ2) is 11.7. The van der Waals surface area contributed by atoms with E-state index in [2.05, 4.69) is 10.6 Å². The summed E-state index contributed by atoms with van der Waals surface area (Å²) in [6.45, 7) is 2.56. The van der Waals surface area contributed by atoms with Crippen molar-refractivity contribution in [2.45, 2.75) is 25.2 Å². The zero-order valence-electron chi connectivity index (χ0n) is 25.0. The molecule has 3 heterocycles. The van der Waals surface area contributed by atoms with E-state index < -0.39 is 34.5 Å². The van der Waals surface area contributed by atoms with Gasteiger partial charge in [-0.2, -0.15) is 0 Å². The first-order valence-electron chi connectivity index (χ1n) is 14.8. The summed E-state index contributed by atoms with van der Waals surface area (Å²) in [5.41, 5.74) is 1.96. The molecule has 1 spiro atoms. The summed E-state index contributed by atoms with van der Waals surface area (Å²) in [4.78, 5) is 50.9. The van der Waals surface area contributed by atoms with E-state index in [4.69, 9.17) is 18.9 Å². The van der Waals surface area contributed by atoms with Crippen molar-refractivity contribution >= 4 is 29.5 Å². The molecular weight excluding hydrogens is 608 g/mol. The molecule has 3 unspecified atom stereocenters. The number of rotatable bonds is 5. The van der Waals surface area contributed by atoms with Gasteiger partial charge in [-0.1, -0.05) is 37.3 Å². The summed E-state index contributed by atoms with van der Waals surface area (Å²) in [6.07, 6.45) is 5.90. The van der Waals surface area contributed by atoms with E-state index in [1.54, 1.807) is 48.7 Å². The minimum atomic E-state index is -1.32. The third-order valence-corrected chi connectivity index (χ3v) is 8.52. The fraction of sp³-hybridized carbons (Fsp3) is 0.206. The van der Waals surface area contributed by atoms with E-state index in [9.17, 15) is 24.5 Å². The number of esters is 1. The van der Waals surface area contributed by atoms with Gasteiger partial charge in [0.2, 0.25) is 0 Å². The van der Waals surface area contributed by atoms with E-state index in [1.165, 1.54) is 35.4 Å². The number of urea groups is 1. The van der Waals surface area contributed by atoms with Crippen molar-refractivity contribution in [1.82, 2.24) is 10.2 Å². The number of fused-ring (bicyclic) bond motifs is 5. The molecule has 0 bridgehead atoms. The van der Waals surface area contributed by atoms with Crippen molar-refractivity contribution < 1.29 is 38.3 Å². The predicted octanol–water partition coefficient (Wildman–Crippen LogP) is 5.49. The molecule has 3 amide bonds. The van der Waals surface area contributed by atoms with Crippen molar-refractivity contribution in [3.63, 3.8) is 0 Å². The average Bonchev–Trinajstić information content (AvgIpc) is 3.38. The van der Waals surface area contributed by atoms with Gasteiger partial charge >= 0.3 is 18.1 Å². The number of nitrogens with zero attached hydrogens (tertiary/aromatic N) is 2. The van der Waals surface area contributed by atoms with Crippen molar-refractivity contribution in [3.8, 4) is 5.75 Å². The lowest BCUT2D eigenvalue weighted by molar-refractivity contribution is -0.384. The van der Waals surface area contributed by atoms with Crippen molar-refractivity contribution in [2.24, 2.45) is 5.92 Å². The molecule has 1 aliphatic carbocycles. The molecule has 13 nitrogen and oxygen atoms in total. The van der Waals surface area contributed by atoms with E-state index in [0.717, 1.165) is 0 Å². The molecule has 0 saturated heterocycles. The molecule has 3 aromatic rings. The van der Waals surface area contributed by atoms with Crippen LogP contribution in [0.3, 0.4) is 0 Å². The van der Waals surface area contributed by atoms with E-state index >= 15 is 0 Å². The number of amides is 3. The van der Waals surface area contributed by atoms with Crippen LogP contribution in [0.2, 0.25) is 0 Å². The van der Waals surface area contributed by atoms with Gasteiger partial charge in [-0.3, -0.25) is 15.0 Å². The summed E-state index contributed by atoms with van der Waals surface area (Å²) in [5.74, 6) is -0.0574. The van der Waals surface area contributed by atoms with Gasteiger partial charge in [0, 0.05) is 52.7 Å². The van der Waals surface area contributed by atoms with E-state index in [-0.39, 0.29) is 18.3 Å². The second-order valence-electron chi connectivity index (χ2n) is 11.3. The van der Waals surface area contributed by atoms with Crippen molar-refractivity contribution in [2.75, 3.05) is 18.5 Å². The molecule has 2 N–H and O–H groups in total. The highest BCUT2D eigenvalue weighted by molar-refractivity contribution is 5.97. The van der Waals surface area contributed by atoms with Gasteiger partial charge in [-0.25, -0.2) is 14.4 Å². The van der Waals surface area contributed by atoms with Gasteiger partial charge < -0.3 is 29.6 Å². The Balaban J connectivity index is 1.17. The SMILES string of the molecule is CC1C2=C(C=CC1NC(=O)OCc1ccc([N+](=O)[O-])cc1)C1(OC(=O)c3ccccc31)c1ccc(NC(=O)N3C=COCC3)cc1O2. The lowest BCUT2D eigenvalue weighted by Gasteiger charge is -2.41. The standard InChI is InChI=1S/C34H28N4O9/c1-20-28(36-33(41)45-19-21-6-9-23(10-7-21)38(42)43)13-12-27-30(20)46-29-18-22(35-32(40)37-14-16-44-17-15-37)8-11-26(29)34(27)25-5-3-2-4-24(25)31(39)47-34/h2-14,16,18,20,28H,15,17,19H2,1H3,(H,35,40)(H,36,41). The smallest absolute Gasteiger partial charge is 0.407 e. The maximum atomic E-state index is 13.2. The van der Waals surface area contributed by atoms with Crippen LogP contribution >= 0.6 is 0 Å². The van der Waals surface area contributed by atoms with Gasteiger partial charge in [0.15, 0.2) is 5.60 Å². The molecule has 3 aliphatic heterocycles. The fourth-order valence-electron chi connectivity index (χ4n) is 6.14. The molecule has 47 heavy (non-hydrogen) atoms. The maximum absolute atomic E-state index is 13.2. The molecule has 238 valence electrons. The summed E-state index contributed by atoms with van der Waals surface area (Å²) in [5, 5.41) is 16.6. The summed E-state index contributed by atoms with van der Waals surface area (Å²) in [6, 6.07) is 17.2. The normalized spacial score (nSPS) is 21.9. The number of nitro groups is 1. The first-order chi connectivity index (χ1) is 22.7. The average molecular weight is 637 g/mol. The van der Waals surface area contributed by atoms with Crippen LogP contribution in [0, 0.1) is 16.0 Å². The number of non-ortho nitro benzene ring substituents is 1. The molecule has 0 fully saturated rings. The van der Waals surface area contributed by atoms with Crippen LogP contribution in [0.5, 0.6) is 5.75 Å². The predicted molar refractivity (Wildman–Crippen MR) is 166 cm³/mol. The number of carbonyl (C=O) groups is 3. The Labute approximate surface area is 268 Å². The minimum absolute atomic E-state index is 0.0606. The molecule has 4 aliphatic rings. The zero-order chi connectivity index (χ0) is 32.7. The Bertz CT molecular complexity index is 1900. The number of nitrogens with one attached hydrogen (secondary N) is 2.